The Morgan fingerprint density at radius 2 is 1.96 bits per heavy atom. The van der Waals surface area contributed by atoms with Crippen LogP contribution in [0.25, 0.3) is 0 Å². The zero-order chi connectivity index (χ0) is 16.8. The van der Waals surface area contributed by atoms with Crippen LogP contribution in [-0.4, -0.2) is 29.7 Å². The lowest BCUT2D eigenvalue weighted by Gasteiger charge is -2.32. The van der Waals surface area contributed by atoms with E-state index in [2.05, 4.69) is 0 Å². The first kappa shape index (κ1) is 16.5. The largest absolute Gasteiger partial charge is 0.469 e. The zero-order valence-corrected chi connectivity index (χ0v) is 13.8. The normalized spacial score (nSPS) is 17.7. The molecule has 0 radical (unpaired) electrons. The maximum absolute atomic E-state index is 12.5. The van der Waals surface area contributed by atoms with Gasteiger partial charge in [-0.15, -0.1) is 0 Å². The van der Waals surface area contributed by atoms with Gasteiger partial charge in [0.25, 0.3) is 0 Å². The van der Waals surface area contributed by atoms with Crippen LogP contribution in [0.5, 0.6) is 0 Å². The van der Waals surface area contributed by atoms with Gasteiger partial charge in [-0.1, -0.05) is 30.3 Å². The molecule has 1 unspecified atom stereocenters. The predicted molar refractivity (Wildman–Crippen MR) is 91.5 cm³/mol. The maximum atomic E-state index is 12.5. The van der Waals surface area contributed by atoms with Gasteiger partial charge in [0.05, 0.1) is 6.26 Å². The number of hydrogen-bond acceptors (Lipinski definition) is 3. The van der Waals surface area contributed by atoms with Crippen molar-refractivity contribution in [3.63, 3.8) is 0 Å². The summed E-state index contributed by atoms with van der Waals surface area (Å²) in [5.41, 5.74) is 1.05. The lowest BCUT2D eigenvalue weighted by Crippen LogP contribution is -2.42. The van der Waals surface area contributed by atoms with Gasteiger partial charge in [-0.3, -0.25) is 9.59 Å². The molecule has 0 aliphatic carbocycles. The van der Waals surface area contributed by atoms with Gasteiger partial charge in [0, 0.05) is 38.3 Å². The molecule has 1 aromatic heterocycles. The SMILES string of the molecule is O=C(Cc1ccccc1)C1CCCN(C(=O)CCc2ccco2)C1. The number of rotatable bonds is 6. The van der Waals surface area contributed by atoms with Crippen LogP contribution >= 0.6 is 0 Å². The van der Waals surface area contributed by atoms with E-state index in [1.165, 1.54) is 0 Å². The fraction of sp³-hybridized carbons (Fsp3) is 0.400. The van der Waals surface area contributed by atoms with Crippen LogP contribution in [0.1, 0.15) is 30.6 Å². The van der Waals surface area contributed by atoms with Crippen molar-refractivity contribution in [3.8, 4) is 0 Å². The molecule has 24 heavy (non-hydrogen) atoms. The number of furan rings is 1. The number of Topliss-reactive ketones (excluding diaryl/α,β-unsaturated/α-hetero) is 1. The smallest absolute Gasteiger partial charge is 0.223 e. The molecular weight excluding hydrogens is 302 g/mol. The van der Waals surface area contributed by atoms with Crippen molar-refractivity contribution in [2.75, 3.05) is 13.1 Å². The molecule has 1 atom stereocenters. The number of benzene rings is 1. The molecule has 4 heteroatoms. The van der Waals surface area contributed by atoms with E-state index in [0.717, 1.165) is 30.7 Å². The average Bonchev–Trinajstić information content (AvgIpc) is 3.14. The second kappa shape index (κ2) is 7.95. The molecule has 3 rings (SSSR count). The highest BCUT2D eigenvalue weighted by molar-refractivity contribution is 5.84. The molecule has 4 nitrogen and oxygen atoms in total. The number of carbonyl (C=O) groups is 2. The summed E-state index contributed by atoms with van der Waals surface area (Å²) < 4.78 is 5.27. The van der Waals surface area contributed by atoms with Gasteiger partial charge in [0.15, 0.2) is 0 Å². The van der Waals surface area contributed by atoms with Crippen molar-refractivity contribution < 1.29 is 14.0 Å². The highest BCUT2D eigenvalue weighted by Gasteiger charge is 2.28. The number of nitrogens with zero attached hydrogens (tertiary/aromatic N) is 1. The summed E-state index contributed by atoms with van der Waals surface area (Å²) in [6.07, 6.45) is 4.92. The van der Waals surface area contributed by atoms with Crippen LogP contribution in [0.15, 0.2) is 53.1 Å². The van der Waals surface area contributed by atoms with Crippen molar-refractivity contribution >= 4 is 11.7 Å². The van der Waals surface area contributed by atoms with Crippen molar-refractivity contribution in [1.82, 2.24) is 4.90 Å². The number of hydrogen-bond donors (Lipinski definition) is 0. The summed E-state index contributed by atoms with van der Waals surface area (Å²) >= 11 is 0. The Balaban J connectivity index is 1.51. The number of piperidine rings is 1. The van der Waals surface area contributed by atoms with Crippen LogP contribution in [0, 0.1) is 5.92 Å². The molecule has 0 N–H and O–H groups in total. The third-order valence-electron chi connectivity index (χ3n) is 4.62. The van der Waals surface area contributed by atoms with Crippen molar-refractivity contribution in [2.24, 2.45) is 5.92 Å². The van der Waals surface area contributed by atoms with E-state index in [9.17, 15) is 9.59 Å². The minimum absolute atomic E-state index is 0.0356. The van der Waals surface area contributed by atoms with Gasteiger partial charge in [0.1, 0.15) is 11.5 Å². The van der Waals surface area contributed by atoms with Gasteiger partial charge < -0.3 is 9.32 Å². The van der Waals surface area contributed by atoms with Gasteiger partial charge in [-0.2, -0.15) is 0 Å². The van der Waals surface area contributed by atoms with E-state index in [1.807, 2.05) is 47.4 Å². The number of ketones is 1. The molecule has 0 spiro atoms. The lowest BCUT2D eigenvalue weighted by molar-refractivity contribution is -0.135. The highest BCUT2D eigenvalue weighted by atomic mass is 16.3. The summed E-state index contributed by atoms with van der Waals surface area (Å²) in [6, 6.07) is 13.5. The fourth-order valence-electron chi connectivity index (χ4n) is 3.25. The molecule has 1 aliphatic heterocycles. The Morgan fingerprint density at radius 1 is 1.12 bits per heavy atom. The van der Waals surface area contributed by atoms with Crippen LogP contribution in [-0.2, 0) is 22.4 Å². The van der Waals surface area contributed by atoms with E-state index >= 15 is 0 Å². The molecule has 2 heterocycles. The van der Waals surface area contributed by atoms with E-state index in [-0.39, 0.29) is 17.6 Å². The molecule has 1 aliphatic rings. The number of likely N-dealkylation sites (tertiary alicyclic amines) is 1. The van der Waals surface area contributed by atoms with Crippen LogP contribution in [0.2, 0.25) is 0 Å². The standard InChI is InChI=1S/C20H23NO3/c22-19(14-16-6-2-1-3-7-16)17-8-4-12-21(15-17)20(23)11-10-18-9-5-13-24-18/h1-3,5-7,9,13,17H,4,8,10-12,14-15H2. The van der Waals surface area contributed by atoms with Crippen LogP contribution < -0.4 is 0 Å². The predicted octanol–water partition coefficient (Wildman–Crippen LogP) is 3.26. The first-order valence-electron chi connectivity index (χ1n) is 8.59. The van der Waals surface area contributed by atoms with E-state index in [4.69, 9.17) is 4.42 Å². The number of aryl methyl sites for hydroxylation is 1. The van der Waals surface area contributed by atoms with Gasteiger partial charge in [-0.25, -0.2) is 0 Å². The average molecular weight is 325 g/mol. The number of carbonyl (C=O) groups excluding carboxylic acids is 2. The Hall–Kier alpha value is -2.36. The maximum Gasteiger partial charge on any atom is 0.223 e. The highest BCUT2D eigenvalue weighted by Crippen LogP contribution is 2.20. The topological polar surface area (TPSA) is 50.5 Å². The molecule has 0 bridgehead atoms. The zero-order valence-electron chi connectivity index (χ0n) is 13.8. The van der Waals surface area contributed by atoms with Gasteiger partial charge >= 0.3 is 0 Å². The molecule has 1 amide bonds. The molecule has 1 aromatic carbocycles. The Morgan fingerprint density at radius 3 is 2.71 bits per heavy atom. The molecular formula is C20H23NO3. The van der Waals surface area contributed by atoms with Crippen molar-refractivity contribution in [1.29, 1.82) is 0 Å². The third-order valence-corrected chi connectivity index (χ3v) is 4.62. The first-order valence-corrected chi connectivity index (χ1v) is 8.59. The Labute approximate surface area is 142 Å². The molecule has 1 fully saturated rings. The molecule has 2 aromatic rings. The van der Waals surface area contributed by atoms with Gasteiger partial charge in [-0.05, 0) is 30.5 Å². The summed E-state index contributed by atoms with van der Waals surface area (Å²) in [4.78, 5) is 26.8. The van der Waals surface area contributed by atoms with Crippen molar-refractivity contribution in [3.05, 3.63) is 60.1 Å². The molecule has 126 valence electrons. The Bertz CT molecular complexity index is 663. The molecule has 0 saturated carbocycles. The summed E-state index contributed by atoms with van der Waals surface area (Å²) in [5, 5.41) is 0. The first-order chi connectivity index (χ1) is 11.7. The summed E-state index contributed by atoms with van der Waals surface area (Å²) in [7, 11) is 0. The summed E-state index contributed by atoms with van der Waals surface area (Å²) in [5.74, 6) is 1.15. The second-order valence-electron chi connectivity index (χ2n) is 6.39. The van der Waals surface area contributed by atoms with E-state index in [0.29, 0.717) is 25.8 Å². The lowest BCUT2D eigenvalue weighted by atomic mass is 9.90. The van der Waals surface area contributed by atoms with Crippen LogP contribution in [0.3, 0.4) is 0 Å². The van der Waals surface area contributed by atoms with E-state index in [1.54, 1.807) is 6.26 Å². The van der Waals surface area contributed by atoms with E-state index < -0.39 is 0 Å². The minimum atomic E-state index is -0.0356. The fourth-order valence-corrected chi connectivity index (χ4v) is 3.25. The third kappa shape index (κ3) is 4.34. The summed E-state index contributed by atoms with van der Waals surface area (Å²) in [6.45, 7) is 1.31. The van der Waals surface area contributed by atoms with Gasteiger partial charge in [0.2, 0.25) is 5.91 Å². The van der Waals surface area contributed by atoms with Crippen molar-refractivity contribution in [2.45, 2.75) is 32.1 Å². The Kier molecular flexibility index (Phi) is 5.47. The quantitative estimate of drug-likeness (QED) is 0.819. The number of amides is 1. The minimum Gasteiger partial charge on any atom is -0.469 e. The molecule has 1 saturated heterocycles. The van der Waals surface area contributed by atoms with Crippen LogP contribution in [0.4, 0.5) is 0 Å². The second-order valence-corrected chi connectivity index (χ2v) is 6.39. The monoisotopic (exact) mass is 325 g/mol.